The van der Waals surface area contributed by atoms with E-state index in [2.05, 4.69) is 4.72 Å². The number of anilines is 1. The second-order valence-electron chi connectivity index (χ2n) is 4.33. The minimum atomic E-state index is -3.47. The van der Waals surface area contributed by atoms with Crippen LogP contribution in [0.4, 0.5) is 5.69 Å². The van der Waals surface area contributed by atoms with E-state index in [9.17, 15) is 8.42 Å². The van der Waals surface area contributed by atoms with Crippen LogP contribution in [0, 0.1) is 0 Å². The standard InChI is InChI=1S/C15H17NO4S/c1-19-11-12-21(17,18)16-14-9-5-6-10-15(14)20-13-7-3-2-4-8-13/h2-10,16H,11-12H2,1H3. The van der Waals surface area contributed by atoms with E-state index in [0.29, 0.717) is 17.2 Å². The summed E-state index contributed by atoms with van der Waals surface area (Å²) >= 11 is 0. The van der Waals surface area contributed by atoms with Crippen LogP contribution >= 0.6 is 0 Å². The fourth-order valence-electron chi connectivity index (χ4n) is 1.67. The molecule has 1 N–H and O–H groups in total. The van der Waals surface area contributed by atoms with E-state index in [4.69, 9.17) is 9.47 Å². The number of ether oxygens (including phenoxy) is 2. The van der Waals surface area contributed by atoms with Gasteiger partial charge in [-0.1, -0.05) is 30.3 Å². The summed E-state index contributed by atoms with van der Waals surface area (Å²) in [4.78, 5) is 0. The van der Waals surface area contributed by atoms with E-state index in [-0.39, 0.29) is 12.4 Å². The number of hydrogen-bond acceptors (Lipinski definition) is 4. The lowest BCUT2D eigenvalue weighted by molar-refractivity contribution is 0.217. The Morgan fingerprint density at radius 1 is 1.00 bits per heavy atom. The minimum absolute atomic E-state index is 0.108. The van der Waals surface area contributed by atoms with Crippen LogP contribution in [0.2, 0.25) is 0 Å². The molecule has 0 heterocycles. The Bertz CT molecular complexity index is 671. The van der Waals surface area contributed by atoms with E-state index in [0.717, 1.165) is 0 Å². The van der Waals surface area contributed by atoms with Gasteiger partial charge in [0.15, 0.2) is 5.75 Å². The first kappa shape index (κ1) is 15.3. The number of sulfonamides is 1. The van der Waals surface area contributed by atoms with E-state index >= 15 is 0 Å². The second kappa shape index (κ2) is 7.10. The molecule has 5 nitrogen and oxygen atoms in total. The molecule has 6 heteroatoms. The molecule has 0 spiro atoms. The maximum absolute atomic E-state index is 11.9. The lowest BCUT2D eigenvalue weighted by Crippen LogP contribution is -2.20. The van der Waals surface area contributed by atoms with Gasteiger partial charge in [0.05, 0.1) is 18.0 Å². The second-order valence-corrected chi connectivity index (χ2v) is 6.17. The molecule has 0 atom stereocenters. The predicted molar refractivity (Wildman–Crippen MR) is 82.2 cm³/mol. The van der Waals surface area contributed by atoms with E-state index < -0.39 is 10.0 Å². The van der Waals surface area contributed by atoms with Crippen molar-refractivity contribution in [3.63, 3.8) is 0 Å². The molecule has 0 aromatic heterocycles. The summed E-state index contributed by atoms with van der Waals surface area (Å²) < 4.78 is 36.8. The molecule has 112 valence electrons. The Hall–Kier alpha value is -2.05. The fourth-order valence-corrected chi connectivity index (χ4v) is 2.66. The number of nitrogens with one attached hydrogen (secondary N) is 1. The van der Waals surface area contributed by atoms with Crippen molar-refractivity contribution >= 4 is 15.7 Å². The molecule has 0 aliphatic rings. The third-order valence-electron chi connectivity index (χ3n) is 2.68. The molecule has 0 amide bonds. The van der Waals surface area contributed by atoms with Crippen LogP contribution in [0.25, 0.3) is 0 Å². The average Bonchev–Trinajstić information content (AvgIpc) is 2.48. The van der Waals surface area contributed by atoms with E-state index in [1.807, 2.05) is 18.2 Å². The lowest BCUT2D eigenvalue weighted by Gasteiger charge is -2.13. The van der Waals surface area contributed by atoms with Crippen LogP contribution in [0.15, 0.2) is 54.6 Å². The van der Waals surface area contributed by atoms with Crippen LogP contribution < -0.4 is 9.46 Å². The van der Waals surface area contributed by atoms with Gasteiger partial charge in [-0.05, 0) is 24.3 Å². The highest BCUT2D eigenvalue weighted by Gasteiger charge is 2.13. The Kier molecular flexibility index (Phi) is 5.19. The SMILES string of the molecule is COCCS(=O)(=O)Nc1ccccc1Oc1ccccc1. The van der Waals surface area contributed by atoms with Crippen LogP contribution in [-0.2, 0) is 14.8 Å². The predicted octanol–water partition coefficient (Wildman–Crippen LogP) is 2.87. The third kappa shape index (κ3) is 4.77. The zero-order chi connectivity index (χ0) is 15.1. The molecule has 21 heavy (non-hydrogen) atoms. The van der Waals surface area contributed by atoms with Gasteiger partial charge in [0, 0.05) is 7.11 Å². The van der Waals surface area contributed by atoms with Gasteiger partial charge in [0.1, 0.15) is 5.75 Å². The minimum Gasteiger partial charge on any atom is -0.455 e. The zero-order valence-electron chi connectivity index (χ0n) is 11.7. The summed E-state index contributed by atoms with van der Waals surface area (Å²) in [6.07, 6.45) is 0. The third-order valence-corrected chi connectivity index (χ3v) is 3.91. The molecular formula is C15H17NO4S. The molecule has 2 aromatic carbocycles. The first-order valence-corrected chi connectivity index (χ1v) is 8.07. The van der Waals surface area contributed by atoms with Gasteiger partial charge in [0.2, 0.25) is 10.0 Å². The van der Waals surface area contributed by atoms with Crippen LogP contribution in [0.5, 0.6) is 11.5 Å². The van der Waals surface area contributed by atoms with Crippen molar-refractivity contribution in [1.82, 2.24) is 0 Å². The molecular weight excluding hydrogens is 290 g/mol. The highest BCUT2D eigenvalue weighted by atomic mass is 32.2. The molecule has 2 rings (SSSR count). The smallest absolute Gasteiger partial charge is 0.235 e. The Morgan fingerprint density at radius 2 is 1.67 bits per heavy atom. The quantitative estimate of drug-likeness (QED) is 0.854. The lowest BCUT2D eigenvalue weighted by atomic mass is 10.3. The molecule has 0 saturated carbocycles. The van der Waals surface area contributed by atoms with Crippen molar-refractivity contribution < 1.29 is 17.9 Å². The maximum Gasteiger partial charge on any atom is 0.235 e. The summed E-state index contributed by atoms with van der Waals surface area (Å²) in [5.74, 6) is 0.981. The van der Waals surface area contributed by atoms with Gasteiger partial charge >= 0.3 is 0 Å². The topological polar surface area (TPSA) is 64.6 Å². The van der Waals surface area contributed by atoms with Gasteiger partial charge in [-0.25, -0.2) is 8.42 Å². The zero-order valence-corrected chi connectivity index (χ0v) is 12.5. The van der Waals surface area contributed by atoms with Gasteiger partial charge < -0.3 is 9.47 Å². The molecule has 0 unspecified atom stereocenters. The van der Waals surface area contributed by atoms with Crippen LogP contribution in [0.3, 0.4) is 0 Å². The number of rotatable bonds is 7. The largest absolute Gasteiger partial charge is 0.455 e. The molecule has 0 radical (unpaired) electrons. The molecule has 2 aromatic rings. The number of para-hydroxylation sites is 3. The summed E-state index contributed by atoms with van der Waals surface area (Å²) in [5.41, 5.74) is 0.400. The first-order chi connectivity index (χ1) is 10.1. The van der Waals surface area contributed by atoms with Gasteiger partial charge in [0.25, 0.3) is 0 Å². The van der Waals surface area contributed by atoms with Crippen LogP contribution in [-0.4, -0.2) is 27.9 Å². The Labute approximate surface area is 124 Å². The van der Waals surface area contributed by atoms with Crippen molar-refractivity contribution in [2.45, 2.75) is 0 Å². The Morgan fingerprint density at radius 3 is 2.38 bits per heavy atom. The summed E-state index contributed by atoms with van der Waals surface area (Å²) in [6.45, 7) is 0.136. The average molecular weight is 307 g/mol. The van der Waals surface area contributed by atoms with Crippen molar-refractivity contribution in [2.75, 3.05) is 24.2 Å². The van der Waals surface area contributed by atoms with E-state index in [1.165, 1.54) is 7.11 Å². The van der Waals surface area contributed by atoms with Crippen molar-refractivity contribution in [3.8, 4) is 11.5 Å². The Balaban J connectivity index is 2.17. The van der Waals surface area contributed by atoms with Crippen LogP contribution in [0.1, 0.15) is 0 Å². The number of hydrogen-bond donors (Lipinski definition) is 1. The summed E-state index contributed by atoms with van der Waals surface area (Å²) in [7, 11) is -2.01. The first-order valence-electron chi connectivity index (χ1n) is 6.42. The van der Waals surface area contributed by atoms with Crippen molar-refractivity contribution in [1.29, 1.82) is 0 Å². The number of benzene rings is 2. The molecule has 0 bridgehead atoms. The van der Waals surface area contributed by atoms with Gasteiger partial charge in [-0.2, -0.15) is 0 Å². The van der Waals surface area contributed by atoms with E-state index in [1.54, 1.807) is 36.4 Å². The highest BCUT2D eigenvalue weighted by molar-refractivity contribution is 7.92. The molecule has 0 saturated heterocycles. The van der Waals surface area contributed by atoms with Crippen molar-refractivity contribution in [2.24, 2.45) is 0 Å². The summed E-state index contributed by atoms with van der Waals surface area (Å²) in [5, 5.41) is 0. The molecule has 0 aliphatic carbocycles. The maximum atomic E-state index is 11.9. The normalized spacial score (nSPS) is 11.1. The van der Waals surface area contributed by atoms with Gasteiger partial charge in [-0.15, -0.1) is 0 Å². The highest BCUT2D eigenvalue weighted by Crippen LogP contribution is 2.29. The molecule has 0 aliphatic heterocycles. The van der Waals surface area contributed by atoms with Gasteiger partial charge in [-0.3, -0.25) is 4.72 Å². The molecule has 0 fully saturated rings. The fraction of sp³-hybridized carbons (Fsp3) is 0.200. The summed E-state index contributed by atoms with van der Waals surface area (Å²) in [6, 6.07) is 16.1. The number of methoxy groups -OCH3 is 1. The monoisotopic (exact) mass is 307 g/mol. The van der Waals surface area contributed by atoms with Crippen molar-refractivity contribution in [3.05, 3.63) is 54.6 Å².